The molecule has 0 atom stereocenters. The molecule has 2 aliphatic heterocycles. The fourth-order valence-electron chi connectivity index (χ4n) is 3.08. The van der Waals surface area contributed by atoms with Crippen molar-refractivity contribution >= 4 is 12.6 Å². The van der Waals surface area contributed by atoms with E-state index < -0.39 is 0 Å². The Morgan fingerprint density at radius 1 is 1.13 bits per heavy atom. The Morgan fingerprint density at radius 2 is 1.70 bits per heavy atom. The largest absolute Gasteiger partial charge is 0.494 e. The molecule has 0 unspecified atom stereocenters. The van der Waals surface area contributed by atoms with E-state index in [-0.39, 0.29) is 18.3 Å². The van der Waals surface area contributed by atoms with Gasteiger partial charge in [-0.25, -0.2) is 0 Å². The molecule has 23 heavy (non-hydrogen) atoms. The van der Waals surface area contributed by atoms with Crippen LogP contribution < -0.4 is 5.46 Å². The maximum absolute atomic E-state index is 8.63. The molecule has 0 saturated carbocycles. The number of nitriles is 1. The highest BCUT2D eigenvalue weighted by atomic mass is 16.7. The first kappa shape index (κ1) is 16.5. The lowest BCUT2D eigenvalue weighted by molar-refractivity contribution is 0.00578. The summed E-state index contributed by atoms with van der Waals surface area (Å²) in [7, 11) is -0.289. The Bertz CT molecular complexity index is 584. The fraction of sp³-hybridized carbons (Fsp3) is 0.611. The van der Waals surface area contributed by atoms with Crippen LogP contribution in [-0.4, -0.2) is 42.9 Å². The van der Waals surface area contributed by atoms with Crippen molar-refractivity contribution in [3.8, 4) is 6.07 Å². The summed E-state index contributed by atoms with van der Waals surface area (Å²) in [5.74, 6) is 0.584. The molecule has 4 nitrogen and oxygen atoms in total. The molecule has 0 aliphatic carbocycles. The molecule has 0 N–H and O–H groups in total. The number of benzene rings is 1. The van der Waals surface area contributed by atoms with Crippen LogP contribution in [0.3, 0.4) is 0 Å². The molecular weight excluding hydrogens is 287 g/mol. The molecule has 5 heteroatoms. The van der Waals surface area contributed by atoms with Crippen LogP contribution in [0.2, 0.25) is 0 Å². The molecule has 3 rings (SSSR count). The van der Waals surface area contributed by atoms with Gasteiger partial charge >= 0.3 is 7.12 Å². The van der Waals surface area contributed by atoms with Crippen molar-refractivity contribution in [1.29, 1.82) is 5.26 Å². The third-order valence-corrected chi connectivity index (χ3v) is 5.43. The molecule has 2 heterocycles. The average Bonchev–Trinajstić information content (AvgIpc) is 2.66. The Balaban J connectivity index is 1.60. The molecule has 2 aliphatic rings. The van der Waals surface area contributed by atoms with Crippen LogP contribution >= 0.6 is 0 Å². The molecule has 0 amide bonds. The second kappa shape index (κ2) is 5.94. The molecule has 1 aromatic carbocycles. The van der Waals surface area contributed by atoms with E-state index in [1.54, 1.807) is 0 Å². The zero-order valence-corrected chi connectivity index (χ0v) is 14.5. The maximum atomic E-state index is 8.63. The quantitative estimate of drug-likeness (QED) is 0.800. The lowest BCUT2D eigenvalue weighted by Crippen LogP contribution is -2.45. The minimum Gasteiger partial charge on any atom is -0.399 e. The molecule has 2 saturated heterocycles. The molecule has 122 valence electrons. The van der Waals surface area contributed by atoms with Gasteiger partial charge in [-0.2, -0.15) is 5.26 Å². The van der Waals surface area contributed by atoms with E-state index in [9.17, 15) is 0 Å². The first-order chi connectivity index (χ1) is 10.8. The van der Waals surface area contributed by atoms with Crippen LogP contribution in [-0.2, 0) is 9.31 Å². The summed E-state index contributed by atoms with van der Waals surface area (Å²) in [6.07, 6.45) is 0.619. The van der Waals surface area contributed by atoms with Gasteiger partial charge in [-0.05, 0) is 38.7 Å². The van der Waals surface area contributed by atoms with Crippen LogP contribution in [0.1, 0.15) is 45.6 Å². The van der Waals surface area contributed by atoms with Gasteiger partial charge in [-0.15, -0.1) is 0 Å². The normalized spacial score (nSPS) is 23.5. The Kier molecular flexibility index (Phi) is 4.26. The molecule has 0 aromatic heterocycles. The number of likely N-dealkylation sites (tertiary alicyclic amines) is 1. The highest BCUT2D eigenvalue weighted by molar-refractivity contribution is 6.62. The summed E-state index contributed by atoms with van der Waals surface area (Å²) in [4.78, 5) is 2.33. The zero-order chi connectivity index (χ0) is 16.7. The summed E-state index contributed by atoms with van der Waals surface area (Å²) in [6, 6.07) is 10.8. The maximum Gasteiger partial charge on any atom is 0.494 e. The van der Waals surface area contributed by atoms with Gasteiger partial charge in [-0.1, -0.05) is 24.3 Å². The van der Waals surface area contributed by atoms with Crippen molar-refractivity contribution in [1.82, 2.24) is 4.90 Å². The Morgan fingerprint density at radius 3 is 2.22 bits per heavy atom. The third kappa shape index (κ3) is 3.17. The number of hydrogen-bond acceptors (Lipinski definition) is 4. The Hall–Kier alpha value is -1.35. The highest BCUT2D eigenvalue weighted by Gasteiger charge is 2.51. The van der Waals surface area contributed by atoms with Crippen molar-refractivity contribution in [2.75, 3.05) is 19.6 Å². The van der Waals surface area contributed by atoms with E-state index in [0.29, 0.717) is 12.3 Å². The summed E-state index contributed by atoms with van der Waals surface area (Å²) in [5, 5.41) is 8.63. The predicted molar refractivity (Wildman–Crippen MR) is 91.6 cm³/mol. The van der Waals surface area contributed by atoms with E-state index in [2.05, 4.69) is 62.9 Å². The van der Waals surface area contributed by atoms with Gasteiger partial charge in [0.05, 0.1) is 17.3 Å². The fourth-order valence-corrected chi connectivity index (χ4v) is 3.08. The SMILES string of the molecule is CC1(C)OB(c2ccc(C3CN(CCC#N)C3)cc2)OC1(C)C. The molecule has 0 radical (unpaired) electrons. The smallest absolute Gasteiger partial charge is 0.399 e. The first-order valence-corrected chi connectivity index (χ1v) is 8.37. The van der Waals surface area contributed by atoms with Crippen LogP contribution in [0.5, 0.6) is 0 Å². The number of rotatable bonds is 4. The van der Waals surface area contributed by atoms with Crippen molar-refractivity contribution in [2.45, 2.75) is 51.2 Å². The summed E-state index contributed by atoms with van der Waals surface area (Å²) >= 11 is 0. The molecular formula is C18H25BN2O2. The monoisotopic (exact) mass is 312 g/mol. The van der Waals surface area contributed by atoms with Gasteiger partial charge in [0.2, 0.25) is 0 Å². The minimum absolute atomic E-state index is 0.289. The summed E-state index contributed by atoms with van der Waals surface area (Å²) < 4.78 is 12.2. The van der Waals surface area contributed by atoms with Crippen LogP contribution in [0, 0.1) is 11.3 Å². The van der Waals surface area contributed by atoms with Gasteiger partial charge in [-0.3, -0.25) is 0 Å². The summed E-state index contributed by atoms with van der Waals surface area (Å²) in [6.45, 7) is 11.3. The van der Waals surface area contributed by atoms with Crippen molar-refractivity contribution in [2.24, 2.45) is 0 Å². The van der Waals surface area contributed by atoms with Gasteiger partial charge in [0.15, 0.2) is 0 Å². The van der Waals surface area contributed by atoms with E-state index in [4.69, 9.17) is 14.6 Å². The van der Waals surface area contributed by atoms with E-state index in [1.165, 1.54) is 5.56 Å². The van der Waals surface area contributed by atoms with Crippen LogP contribution in [0.15, 0.2) is 24.3 Å². The van der Waals surface area contributed by atoms with E-state index in [1.807, 2.05) is 0 Å². The Labute approximate surface area is 139 Å². The third-order valence-electron chi connectivity index (χ3n) is 5.43. The van der Waals surface area contributed by atoms with Crippen LogP contribution in [0.25, 0.3) is 0 Å². The van der Waals surface area contributed by atoms with E-state index >= 15 is 0 Å². The highest BCUT2D eigenvalue weighted by Crippen LogP contribution is 2.36. The van der Waals surface area contributed by atoms with Crippen molar-refractivity contribution < 1.29 is 9.31 Å². The second-order valence-electron chi connectivity index (χ2n) is 7.62. The van der Waals surface area contributed by atoms with Crippen molar-refractivity contribution in [3.63, 3.8) is 0 Å². The van der Waals surface area contributed by atoms with Gasteiger partial charge in [0.25, 0.3) is 0 Å². The van der Waals surface area contributed by atoms with Gasteiger partial charge in [0.1, 0.15) is 0 Å². The van der Waals surface area contributed by atoms with Gasteiger partial charge in [0, 0.05) is 32.0 Å². The topological polar surface area (TPSA) is 45.5 Å². The lowest BCUT2D eigenvalue weighted by Gasteiger charge is -2.39. The number of nitrogens with zero attached hydrogens (tertiary/aromatic N) is 2. The van der Waals surface area contributed by atoms with E-state index in [0.717, 1.165) is 25.1 Å². The zero-order valence-electron chi connectivity index (χ0n) is 14.5. The molecule has 0 bridgehead atoms. The van der Waals surface area contributed by atoms with Gasteiger partial charge < -0.3 is 14.2 Å². The van der Waals surface area contributed by atoms with Crippen molar-refractivity contribution in [3.05, 3.63) is 29.8 Å². The summed E-state index contributed by atoms with van der Waals surface area (Å²) in [5.41, 5.74) is 1.84. The number of hydrogen-bond donors (Lipinski definition) is 0. The molecule has 0 spiro atoms. The van der Waals surface area contributed by atoms with Crippen LogP contribution in [0.4, 0.5) is 0 Å². The molecule has 2 fully saturated rings. The second-order valence-corrected chi connectivity index (χ2v) is 7.62. The minimum atomic E-state index is -0.300. The first-order valence-electron chi connectivity index (χ1n) is 8.37. The predicted octanol–water partition coefficient (Wildman–Crippen LogP) is 2.30. The average molecular weight is 312 g/mol. The standard InChI is InChI=1S/C18H25BN2O2/c1-17(2)18(3,4)23-19(22-17)16-8-6-14(7-9-16)15-12-21(13-15)11-5-10-20/h6-9,15H,5,11-13H2,1-4H3. The molecule has 1 aromatic rings. The lowest BCUT2D eigenvalue weighted by atomic mass is 9.78.